The molecule has 1 N–H and O–H groups in total. The largest absolute Gasteiger partial charge is 0.312 e. The van der Waals surface area contributed by atoms with Crippen LogP contribution in [-0.4, -0.2) is 12.1 Å². The Bertz CT molecular complexity index is 114. The lowest BCUT2D eigenvalue weighted by Gasteiger charge is -2.11. The molecule has 0 radical (unpaired) electrons. The van der Waals surface area contributed by atoms with Crippen molar-refractivity contribution in [3.05, 3.63) is 0 Å². The van der Waals surface area contributed by atoms with Gasteiger partial charge in [-0.3, -0.25) is 0 Å². The van der Waals surface area contributed by atoms with Crippen LogP contribution in [0.1, 0.15) is 46.5 Å². The minimum Gasteiger partial charge on any atom is -0.312 e. The lowest BCUT2D eigenvalue weighted by atomic mass is 10.1. The molecule has 0 aromatic carbocycles. The van der Waals surface area contributed by atoms with Crippen LogP contribution in [0.4, 0.5) is 0 Å². The van der Waals surface area contributed by atoms with E-state index < -0.39 is 0 Å². The van der Waals surface area contributed by atoms with Crippen molar-refractivity contribution in [1.82, 2.24) is 5.32 Å². The second kappa shape index (κ2) is 3.57. The van der Waals surface area contributed by atoms with Crippen LogP contribution in [0.15, 0.2) is 0 Å². The first kappa shape index (κ1) is 9.05. The molecule has 1 rings (SSSR count). The molecule has 0 aromatic rings. The Balaban J connectivity index is 1.88. The van der Waals surface area contributed by atoms with Gasteiger partial charge in [-0.2, -0.15) is 0 Å². The third kappa shape index (κ3) is 3.76. The van der Waals surface area contributed by atoms with Crippen LogP contribution in [0, 0.1) is 5.92 Å². The molecule has 0 amide bonds. The molecule has 1 nitrogen and oxygen atoms in total. The normalized spacial score (nSPS) is 20.7. The summed E-state index contributed by atoms with van der Waals surface area (Å²) in [6.45, 7) is 8.12. The molecule has 0 saturated heterocycles. The third-order valence-corrected chi connectivity index (χ3v) is 2.51. The van der Waals surface area contributed by atoms with Crippen molar-refractivity contribution in [1.29, 1.82) is 0 Å². The lowest BCUT2D eigenvalue weighted by molar-refractivity contribution is 0.481. The van der Waals surface area contributed by atoms with E-state index in [-0.39, 0.29) is 0 Å². The second-order valence-corrected chi connectivity index (χ2v) is 4.52. The average Bonchev–Trinajstić information content (AvgIpc) is 2.62. The first-order valence-corrected chi connectivity index (χ1v) is 4.87. The Morgan fingerprint density at radius 1 is 1.36 bits per heavy atom. The maximum absolute atomic E-state index is 3.59. The Morgan fingerprint density at radius 2 is 2.00 bits per heavy atom. The summed E-state index contributed by atoms with van der Waals surface area (Å²) < 4.78 is 0. The smallest absolute Gasteiger partial charge is 0.0154 e. The molecule has 0 spiro atoms. The Hall–Kier alpha value is -0.0400. The van der Waals surface area contributed by atoms with Gasteiger partial charge in [0.2, 0.25) is 0 Å². The van der Waals surface area contributed by atoms with Crippen molar-refractivity contribution in [2.45, 2.75) is 52.0 Å². The molecule has 11 heavy (non-hydrogen) atoms. The van der Waals surface area contributed by atoms with Crippen molar-refractivity contribution in [3.8, 4) is 0 Å². The van der Waals surface area contributed by atoms with Crippen LogP contribution in [0.2, 0.25) is 0 Å². The van der Waals surface area contributed by atoms with E-state index >= 15 is 0 Å². The minimum absolute atomic E-state index is 0.539. The van der Waals surface area contributed by atoms with Crippen LogP contribution in [-0.2, 0) is 0 Å². The van der Waals surface area contributed by atoms with Crippen molar-refractivity contribution >= 4 is 0 Å². The summed E-state index contributed by atoms with van der Waals surface area (Å²) in [5.41, 5.74) is 0.539. The first-order valence-electron chi connectivity index (χ1n) is 4.87. The lowest BCUT2D eigenvalue weighted by Crippen LogP contribution is -2.28. The maximum atomic E-state index is 3.59. The number of rotatable bonds is 5. The zero-order valence-corrected chi connectivity index (χ0v) is 8.11. The molecule has 1 aliphatic carbocycles. The standard InChI is InChI=1S/C10H21N/c1-9(2)5-4-8-11-10(3)6-7-10/h9,11H,4-8H2,1-3H3. The van der Waals surface area contributed by atoms with E-state index in [1.165, 1.54) is 32.2 Å². The zero-order valence-electron chi connectivity index (χ0n) is 8.11. The van der Waals surface area contributed by atoms with Gasteiger partial charge in [0.25, 0.3) is 0 Å². The zero-order chi connectivity index (χ0) is 8.32. The van der Waals surface area contributed by atoms with E-state index in [2.05, 4.69) is 26.1 Å². The van der Waals surface area contributed by atoms with E-state index in [1.54, 1.807) is 0 Å². The highest BCUT2D eigenvalue weighted by atomic mass is 15.0. The topological polar surface area (TPSA) is 12.0 Å². The van der Waals surface area contributed by atoms with Gasteiger partial charge in [-0.25, -0.2) is 0 Å². The predicted octanol–water partition coefficient (Wildman–Crippen LogP) is 2.56. The fourth-order valence-corrected chi connectivity index (χ4v) is 1.26. The van der Waals surface area contributed by atoms with Crippen LogP contribution >= 0.6 is 0 Å². The SMILES string of the molecule is CC(C)CCCNC1(C)CC1. The van der Waals surface area contributed by atoms with Crippen molar-refractivity contribution < 1.29 is 0 Å². The van der Waals surface area contributed by atoms with Gasteiger partial charge in [0.1, 0.15) is 0 Å². The maximum Gasteiger partial charge on any atom is 0.0154 e. The summed E-state index contributed by atoms with van der Waals surface area (Å²) in [4.78, 5) is 0. The Labute approximate surface area is 70.6 Å². The molecular formula is C10H21N. The highest BCUT2D eigenvalue weighted by Gasteiger charge is 2.35. The molecule has 1 fully saturated rings. The van der Waals surface area contributed by atoms with Gasteiger partial charge in [0.05, 0.1) is 0 Å². The molecule has 0 heterocycles. The number of hydrogen-bond donors (Lipinski definition) is 1. The van der Waals surface area contributed by atoms with Crippen molar-refractivity contribution in [2.24, 2.45) is 5.92 Å². The minimum atomic E-state index is 0.539. The summed E-state index contributed by atoms with van der Waals surface area (Å²) in [6.07, 6.45) is 5.47. The molecule has 1 heteroatoms. The molecular weight excluding hydrogens is 134 g/mol. The third-order valence-electron chi connectivity index (χ3n) is 2.51. The fourth-order valence-electron chi connectivity index (χ4n) is 1.26. The van der Waals surface area contributed by atoms with Gasteiger partial charge in [-0.15, -0.1) is 0 Å². The molecule has 66 valence electrons. The Kier molecular flexibility index (Phi) is 2.94. The molecule has 0 unspecified atom stereocenters. The highest BCUT2D eigenvalue weighted by molar-refractivity contribution is 4.97. The summed E-state index contributed by atoms with van der Waals surface area (Å²) in [7, 11) is 0. The van der Waals surface area contributed by atoms with Crippen LogP contribution < -0.4 is 5.32 Å². The molecule has 0 aliphatic heterocycles. The molecule has 0 bridgehead atoms. The van der Waals surface area contributed by atoms with Gasteiger partial charge in [-0.05, 0) is 45.1 Å². The van der Waals surface area contributed by atoms with Gasteiger partial charge in [-0.1, -0.05) is 13.8 Å². The number of hydrogen-bond acceptors (Lipinski definition) is 1. The van der Waals surface area contributed by atoms with Crippen LogP contribution in [0.5, 0.6) is 0 Å². The van der Waals surface area contributed by atoms with E-state index in [9.17, 15) is 0 Å². The van der Waals surface area contributed by atoms with E-state index in [0.29, 0.717) is 5.54 Å². The van der Waals surface area contributed by atoms with E-state index in [1.807, 2.05) is 0 Å². The van der Waals surface area contributed by atoms with Crippen molar-refractivity contribution in [2.75, 3.05) is 6.54 Å². The monoisotopic (exact) mass is 155 g/mol. The molecule has 1 saturated carbocycles. The number of nitrogens with one attached hydrogen (secondary N) is 1. The Morgan fingerprint density at radius 3 is 2.45 bits per heavy atom. The highest BCUT2D eigenvalue weighted by Crippen LogP contribution is 2.34. The average molecular weight is 155 g/mol. The second-order valence-electron chi connectivity index (χ2n) is 4.52. The summed E-state index contributed by atoms with van der Waals surface area (Å²) in [5, 5.41) is 3.59. The van der Waals surface area contributed by atoms with Crippen molar-refractivity contribution in [3.63, 3.8) is 0 Å². The first-order chi connectivity index (χ1) is 5.12. The summed E-state index contributed by atoms with van der Waals surface area (Å²) in [6, 6.07) is 0. The van der Waals surface area contributed by atoms with Gasteiger partial charge < -0.3 is 5.32 Å². The van der Waals surface area contributed by atoms with Gasteiger partial charge >= 0.3 is 0 Å². The molecule has 1 aliphatic rings. The predicted molar refractivity (Wildman–Crippen MR) is 49.7 cm³/mol. The van der Waals surface area contributed by atoms with E-state index in [0.717, 1.165) is 5.92 Å². The van der Waals surface area contributed by atoms with Gasteiger partial charge in [0, 0.05) is 5.54 Å². The fraction of sp³-hybridized carbons (Fsp3) is 1.00. The summed E-state index contributed by atoms with van der Waals surface area (Å²) >= 11 is 0. The molecule has 0 aromatic heterocycles. The quantitative estimate of drug-likeness (QED) is 0.602. The van der Waals surface area contributed by atoms with Crippen LogP contribution in [0.25, 0.3) is 0 Å². The van der Waals surface area contributed by atoms with Crippen LogP contribution in [0.3, 0.4) is 0 Å². The summed E-state index contributed by atoms with van der Waals surface area (Å²) in [5.74, 6) is 0.865. The van der Waals surface area contributed by atoms with E-state index in [4.69, 9.17) is 0 Å². The van der Waals surface area contributed by atoms with Gasteiger partial charge in [0.15, 0.2) is 0 Å². The molecule has 0 atom stereocenters.